The van der Waals surface area contributed by atoms with E-state index in [0.29, 0.717) is 5.92 Å². The van der Waals surface area contributed by atoms with Crippen molar-refractivity contribution in [3.8, 4) is 0 Å². The minimum Gasteiger partial charge on any atom is -0.323 e. The van der Waals surface area contributed by atoms with Crippen molar-refractivity contribution in [1.29, 1.82) is 0 Å². The molecule has 0 saturated heterocycles. The number of allylic oxidation sites excluding steroid dienone is 3. The van der Waals surface area contributed by atoms with Crippen LogP contribution in [0.4, 0.5) is 0 Å². The van der Waals surface area contributed by atoms with Crippen LogP contribution >= 0.6 is 0 Å². The zero-order valence-electron chi connectivity index (χ0n) is 6.54. The van der Waals surface area contributed by atoms with Crippen LogP contribution in [-0.4, -0.2) is 5.71 Å². The molecule has 0 spiro atoms. The molecule has 0 aromatic carbocycles. The molecule has 10 heavy (non-hydrogen) atoms. The summed E-state index contributed by atoms with van der Waals surface area (Å²) in [6, 6.07) is 0. The van der Waals surface area contributed by atoms with Gasteiger partial charge in [0.05, 0.1) is 5.71 Å². The van der Waals surface area contributed by atoms with Gasteiger partial charge in [0.25, 0.3) is 0 Å². The van der Waals surface area contributed by atoms with Gasteiger partial charge in [-0.05, 0) is 12.0 Å². The predicted molar refractivity (Wildman–Crippen MR) is 45.8 cm³/mol. The summed E-state index contributed by atoms with van der Waals surface area (Å²) in [5.41, 5.74) is 0.889. The molecule has 2 heteroatoms. The molecule has 0 aliphatic carbocycles. The molecule has 0 atom stereocenters. The Labute approximate surface area is 62.1 Å². The second-order valence-electron chi connectivity index (χ2n) is 2.30. The first-order valence-electron chi connectivity index (χ1n) is 3.29. The molecule has 2 nitrogen and oxygen atoms in total. The lowest BCUT2D eigenvalue weighted by Gasteiger charge is -2.00. The van der Waals surface area contributed by atoms with Crippen LogP contribution in [-0.2, 0) is 0 Å². The molecular weight excluding hydrogens is 124 g/mol. The fraction of sp³-hybridized carbons (Fsp3) is 0.375. The van der Waals surface area contributed by atoms with E-state index in [0.717, 1.165) is 5.71 Å². The van der Waals surface area contributed by atoms with Crippen LogP contribution < -0.4 is 5.84 Å². The Morgan fingerprint density at radius 1 is 1.60 bits per heavy atom. The number of hydrogen-bond donors (Lipinski definition) is 1. The van der Waals surface area contributed by atoms with Crippen LogP contribution in [0.5, 0.6) is 0 Å². The maximum Gasteiger partial charge on any atom is 0.0625 e. The lowest BCUT2D eigenvalue weighted by Crippen LogP contribution is -2.06. The third-order valence-corrected chi connectivity index (χ3v) is 1.14. The van der Waals surface area contributed by atoms with Crippen LogP contribution in [0, 0.1) is 5.92 Å². The number of hydrazone groups is 1. The van der Waals surface area contributed by atoms with Crippen molar-refractivity contribution in [3.63, 3.8) is 0 Å². The molecule has 0 heterocycles. The summed E-state index contributed by atoms with van der Waals surface area (Å²) in [6.45, 7) is 7.63. The van der Waals surface area contributed by atoms with Crippen molar-refractivity contribution in [2.45, 2.75) is 13.8 Å². The summed E-state index contributed by atoms with van der Waals surface area (Å²) < 4.78 is 0. The Morgan fingerprint density at radius 3 is 2.50 bits per heavy atom. The first-order chi connectivity index (χ1) is 4.72. The number of nitrogens with two attached hydrogens (primary N) is 1. The summed E-state index contributed by atoms with van der Waals surface area (Å²) in [7, 11) is 0. The fourth-order valence-corrected chi connectivity index (χ4v) is 0.551. The SMILES string of the molecule is C=C/C=C\C(=N/N)C(C)C. The molecule has 0 aliphatic heterocycles. The van der Waals surface area contributed by atoms with Gasteiger partial charge in [0, 0.05) is 0 Å². The van der Waals surface area contributed by atoms with Crippen molar-refractivity contribution in [1.82, 2.24) is 0 Å². The second-order valence-corrected chi connectivity index (χ2v) is 2.30. The van der Waals surface area contributed by atoms with E-state index in [1.54, 1.807) is 6.08 Å². The highest BCUT2D eigenvalue weighted by Crippen LogP contribution is 1.97. The molecule has 0 saturated carbocycles. The lowest BCUT2D eigenvalue weighted by atomic mass is 10.1. The van der Waals surface area contributed by atoms with Gasteiger partial charge in [-0.25, -0.2) is 0 Å². The monoisotopic (exact) mass is 138 g/mol. The van der Waals surface area contributed by atoms with Crippen LogP contribution in [0.15, 0.2) is 29.9 Å². The van der Waals surface area contributed by atoms with E-state index in [-0.39, 0.29) is 0 Å². The van der Waals surface area contributed by atoms with Gasteiger partial charge in [0.2, 0.25) is 0 Å². The van der Waals surface area contributed by atoms with Gasteiger partial charge in [-0.2, -0.15) is 5.10 Å². The molecule has 0 aromatic rings. The van der Waals surface area contributed by atoms with E-state index in [4.69, 9.17) is 5.84 Å². The molecule has 0 radical (unpaired) electrons. The van der Waals surface area contributed by atoms with Crippen LogP contribution in [0.1, 0.15) is 13.8 Å². The van der Waals surface area contributed by atoms with E-state index >= 15 is 0 Å². The summed E-state index contributed by atoms with van der Waals surface area (Å²) >= 11 is 0. The Morgan fingerprint density at radius 2 is 2.20 bits per heavy atom. The zero-order chi connectivity index (χ0) is 7.98. The first kappa shape index (κ1) is 8.95. The third-order valence-electron chi connectivity index (χ3n) is 1.14. The molecule has 0 bridgehead atoms. The molecule has 0 fully saturated rings. The van der Waals surface area contributed by atoms with Crippen molar-refractivity contribution in [2.24, 2.45) is 16.9 Å². The average molecular weight is 138 g/mol. The molecule has 2 N–H and O–H groups in total. The minimum absolute atomic E-state index is 0.376. The highest BCUT2D eigenvalue weighted by Gasteiger charge is 1.97. The highest BCUT2D eigenvalue weighted by molar-refractivity contribution is 5.96. The fourth-order valence-electron chi connectivity index (χ4n) is 0.551. The number of nitrogens with zero attached hydrogens (tertiary/aromatic N) is 1. The lowest BCUT2D eigenvalue weighted by molar-refractivity contribution is 0.880. The Hall–Kier alpha value is -1.05. The molecule has 56 valence electrons. The maximum absolute atomic E-state index is 5.12. The summed E-state index contributed by atoms with van der Waals surface area (Å²) in [5, 5.41) is 3.61. The van der Waals surface area contributed by atoms with Gasteiger partial charge in [-0.15, -0.1) is 0 Å². The molecular formula is C8H14N2. The maximum atomic E-state index is 5.12. The van der Waals surface area contributed by atoms with Crippen molar-refractivity contribution < 1.29 is 0 Å². The van der Waals surface area contributed by atoms with E-state index in [9.17, 15) is 0 Å². The summed E-state index contributed by atoms with van der Waals surface area (Å²) in [4.78, 5) is 0. The van der Waals surface area contributed by atoms with Crippen molar-refractivity contribution in [2.75, 3.05) is 0 Å². The number of hydrogen-bond acceptors (Lipinski definition) is 2. The Bertz CT molecular complexity index is 155. The van der Waals surface area contributed by atoms with E-state index in [2.05, 4.69) is 11.7 Å². The van der Waals surface area contributed by atoms with Gasteiger partial charge < -0.3 is 5.84 Å². The largest absolute Gasteiger partial charge is 0.323 e. The van der Waals surface area contributed by atoms with E-state index in [1.165, 1.54) is 0 Å². The van der Waals surface area contributed by atoms with E-state index in [1.807, 2.05) is 26.0 Å². The predicted octanol–water partition coefficient (Wildman–Crippen LogP) is 1.70. The van der Waals surface area contributed by atoms with Crippen molar-refractivity contribution in [3.05, 3.63) is 24.8 Å². The molecule has 0 unspecified atom stereocenters. The van der Waals surface area contributed by atoms with E-state index < -0.39 is 0 Å². The molecule has 0 aliphatic rings. The van der Waals surface area contributed by atoms with Crippen molar-refractivity contribution >= 4 is 5.71 Å². The Balaban J connectivity index is 4.10. The topological polar surface area (TPSA) is 38.4 Å². The Kier molecular flexibility index (Phi) is 4.29. The van der Waals surface area contributed by atoms with Gasteiger partial charge in [0.15, 0.2) is 0 Å². The standard InChI is InChI=1S/C8H14N2/c1-4-5-6-8(10-9)7(2)3/h4-7H,1,9H2,2-3H3/b6-5-,10-8+. The second kappa shape index (κ2) is 4.79. The first-order valence-corrected chi connectivity index (χ1v) is 3.29. The molecule has 0 aromatic heterocycles. The normalized spacial score (nSPS) is 12.9. The van der Waals surface area contributed by atoms with Crippen LogP contribution in [0.2, 0.25) is 0 Å². The van der Waals surface area contributed by atoms with Crippen LogP contribution in [0.3, 0.4) is 0 Å². The smallest absolute Gasteiger partial charge is 0.0625 e. The van der Waals surface area contributed by atoms with Gasteiger partial charge >= 0.3 is 0 Å². The highest BCUT2D eigenvalue weighted by atomic mass is 15.1. The summed E-state index contributed by atoms with van der Waals surface area (Å²) in [6.07, 6.45) is 5.39. The van der Waals surface area contributed by atoms with Gasteiger partial charge in [-0.3, -0.25) is 0 Å². The van der Waals surface area contributed by atoms with Crippen LogP contribution in [0.25, 0.3) is 0 Å². The van der Waals surface area contributed by atoms with Gasteiger partial charge in [-0.1, -0.05) is 32.6 Å². The quantitative estimate of drug-likeness (QED) is 0.274. The summed E-state index contributed by atoms with van der Waals surface area (Å²) in [5.74, 6) is 5.49. The average Bonchev–Trinajstić information content (AvgIpc) is 1.89. The molecule has 0 amide bonds. The third kappa shape index (κ3) is 3.07. The van der Waals surface area contributed by atoms with Gasteiger partial charge in [0.1, 0.15) is 0 Å². The minimum atomic E-state index is 0.376. The zero-order valence-corrected chi connectivity index (χ0v) is 6.54. The number of rotatable bonds is 3. The molecule has 0 rings (SSSR count).